The number of aromatic nitrogens is 1. The van der Waals surface area contributed by atoms with Crippen LogP contribution < -0.4 is 0 Å². The molecule has 2 rings (SSSR count). The lowest BCUT2D eigenvalue weighted by atomic mass is 10.1. The molecule has 0 bridgehead atoms. The number of rotatable bonds is 5. The van der Waals surface area contributed by atoms with Gasteiger partial charge in [-0.25, -0.2) is 0 Å². The average Bonchev–Trinajstić information content (AvgIpc) is 2.89. The van der Waals surface area contributed by atoms with Crippen LogP contribution in [0.1, 0.15) is 35.0 Å². The first kappa shape index (κ1) is 12.6. The molecule has 4 heteroatoms. The van der Waals surface area contributed by atoms with Crippen LogP contribution in [0.2, 0.25) is 0 Å². The summed E-state index contributed by atoms with van der Waals surface area (Å²) in [4.78, 5) is 13.0. The smallest absolute Gasteiger partial charge is 0.164 e. The van der Waals surface area contributed by atoms with E-state index in [0.717, 1.165) is 22.3 Å². The van der Waals surface area contributed by atoms with Crippen LogP contribution in [-0.2, 0) is 6.54 Å². The van der Waals surface area contributed by atoms with Gasteiger partial charge in [-0.2, -0.15) is 0 Å². The van der Waals surface area contributed by atoms with E-state index >= 15 is 0 Å². The van der Waals surface area contributed by atoms with Crippen LogP contribution in [0.3, 0.4) is 0 Å². The lowest BCUT2D eigenvalue weighted by Gasteiger charge is -1.99. The topological polar surface area (TPSA) is 22.0 Å². The first-order valence-corrected chi connectivity index (χ1v) is 7.23. The van der Waals surface area contributed by atoms with Crippen LogP contribution in [0.15, 0.2) is 34.4 Å². The van der Waals surface area contributed by atoms with Crippen molar-refractivity contribution in [1.29, 1.82) is 0 Å². The van der Waals surface area contributed by atoms with Crippen molar-refractivity contribution in [3.63, 3.8) is 0 Å². The van der Waals surface area contributed by atoms with E-state index in [2.05, 4.69) is 26.6 Å². The second-order valence-corrected chi connectivity index (χ2v) is 6.50. The number of hydrogen-bond donors (Lipinski definition) is 0. The summed E-state index contributed by atoms with van der Waals surface area (Å²) in [5.41, 5.74) is 0.822. The van der Waals surface area contributed by atoms with E-state index in [0.29, 0.717) is 6.42 Å². The number of ketones is 1. The van der Waals surface area contributed by atoms with Gasteiger partial charge in [0, 0.05) is 29.3 Å². The molecule has 90 valence electrons. The number of carbonyl (C=O) groups excluding carboxylic acids is 1. The fraction of sp³-hybridized carbons (Fsp3) is 0.308. The fourth-order valence-electron chi connectivity index (χ4n) is 1.69. The third kappa shape index (κ3) is 3.30. The minimum Gasteiger partial charge on any atom is -0.348 e. The van der Waals surface area contributed by atoms with Gasteiger partial charge in [-0.3, -0.25) is 4.79 Å². The van der Waals surface area contributed by atoms with E-state index in [1.54, 1.807) is 11.3 Å². The van der Waals surface area contributed by atoms with E-state index in [9.17, 15) is 4.79 Å². The maximum Gasteiger partial charge on any atom is 0.164 e. The number of halogens is 1. The van der Waals surface area contributed by atoms with Crippen molar-refractivity contribution in [2.75, 3.05) is 0 Å². The molecule has 0 fully saturated rings. The zero-order chi connectivity index (χ0) is 12.3. The van der Waals surface area contributed by atoms with E-state index < -0.39 is 0 Å². The monoisotopic (exact) mass is 311 g/mol. The quantitative estimate of drug-likeness (QED) is 0.753. The van der Waals surface area contributed by atoms with Crippen molar-refractivity contribution in [2.24, 2.45) is 0 Å². The zero-order valence-corrected chi connectivity index (χ0v) is 12.1. The van der Waals surface area contributed by atoms with Gasteiger partial charge in [-0.1, -0.05) is 6.92 Å². The Morgan fingerprint density at radius 2 is 2.24 bits per heavy atom. The van der Waals surface area contributed by atoms with Gasteiger partial charge in [-0.15, -0.1) is 11.3 Å². The summed E-state index contributed by atoms with van der Waals surface area (Å²) in [5.74, 6) is 0.235. The minimum atomic E-state index is 0.235. The molecule has 0 unspecified atom stereocenters. The van der Waals surface area contributed by atoms with Crippen molar-refractivity contribution in [2.45, 2.75) is 26.3 Å². The van der Waals surface area contributed by atoms with Crippen LogP contribution in [-0.4, -0.2) is 10.4 Å². The Hall–Kier alpha value is -0.870. The molecule has 2 aromatic heterocycles. The third-order valence-corrected chi connectivity index (χ3v) is 4.13. The van der Waals surface area contributed by atoms with E-state index in [1.807, 2.05) is 31.5 Å². The first-order chi connectivity index (χ1) is 8.19. The van der Waals surface area contributed by atoms with E-state index in [-0.39, 0.29) is 5.78 Å². The summed E-state index contributed by atoms with van der Waals surface area (Å²) >= 11 is 5.17. The molecule has 2 aromatic rings. The molecule has 2 nitrogen and oxygen atoms in total. The predicted molar refractivity (Wildman–Crippen MR) is 74.8 cm³/mol. The molecule has 0 N–H and O–H groups in total. The van der Waals surface area contributed by atoms with Gasteiger partial charge < -0.3 is 4.57 Å². The number of carbonyl (C=O) groups is 1. The zero-order valence-electron chi connectivity index (χ0n) is 9.65. The molecular weight excluding hydrogens is 298 g/mol. The van der Waals surface area contributed by atoms with Gasteiger partial charge in [0.1, 0.15) is 0 Å². The molecule has 0 amide bonds. The number of Topliss-reactive ketones (excluding diaryl/α,β-unsaturated/α-hetero) is 1. The van der Waals surface area contributed by atoms with Crippen LogP contribution in [0.4, 0.5) is 0 Å². The van der Waals surface area contributed by atoms with Crippen LogP contribution in [0, 0.1) is 0 Å². The Morgan fingerprint density at radius 1 is 1.41 bits per heavy atom. The molecular formula is C13H14BrNOS. The minimum absolute atomic E-state index is 0.235. The Balaban J connectivity index is 2.06. The van der Waals surface area contributed by atoms with Crippen molar-refractivity contribution in [1.82, 2.24) is 4.57 Å². The summed E-state index contributed by atoms with van der Waals surface area (Å²) < 4.78 is 3.20. The Labute approximate surface area is 113 Å². The molecule has 0 aliphatic carbocycles. The van der Waals surface area contributed by atoms with Gasteiger partial charge in [0.15, 0.2) is 5.78 Å². The second kappa shape index (κ2) is 5.65. The normalized spacial score (nSPS) is 10.7. The number of thiophene rings is 1. The largest absolute Gasteiger partial charge is 0.348 e. The average molecular weight is 312 g/mol. The molecule has 0 radical (unpaired) electrons. The summed E-state index contributed by atoms with van der Waals surface area (Å²) in [7, 11) is 0. The van der Waals surface area contributed by atoms with Crippen molar-refractivity contribution in [3.8, 4) is 0 Å². The molecule has 0 saturated carbocycles. The fourth-order valence-corrected chi connectivity index (χ4v) is 3.18. The summed E-state index contributed by atoms with van der Waals surface area (Å²) in [6.45, 7) is 2.85. The van der Waals surface area contributed by atoms with Crippen molar-refractivity contribution in [3.05, 3.63) is 44.8 Å². The van der Waals surface area contributed by atoms with Crippen LogP contribution >= 0.6 is 27.3 Å². The highest BCUT2D eigenvalue weighted by Crippen LogP contribution is 2.23. The maximum absolute atomic E-state index is 11.7. The molecule has 0 atom stereocenters. The summed E-state index contributed by atoms with van der Waals surface area (Å²) in [5, 5.41) is 0. The second-order valence-electron chi connectivity index (χ2n) is 3.95. The molecule has 17 heavy (non-hydrogen) atoms. The van der Waals surface area contributed by atoms with Crippen molar-refractivity contribution < 1.29 is 4.79 Å². The van der Waals surface area contributed by atoms with Gasteiger partial charge in [0.2, 0.25) is 0 Å². The van der Waals surface area contributed by atoms with Gasteiger partial charge in [-0.05, 0) is 40.5 Å². The highest BCUT2D eigenvalue weighted by molar-refractivity contribution is 9.11. The first-order valence-electron chi connectivity index (χ1n) is 5.62. The maximum atomic E-state index is 11.7. The third-order valence-electron chi connectivity index (χ3n) is 2.52. The van der Waals surface area contributed by atoms with Gasteiger partial charge in [0.05, 0.1) is 10.3 Å². The molecule has 0 saturated heterocycles. The summed E-state index contributed by atoms with van der Waals surface area (Å²) in [6.07, 6.45) is 5.44. The lowest BCUT2D eigenvalue weighted by Crippen LogP contribution is -1.97. The van der Waals surface area contributed by atoms with E-state index in [1.165, 1.54) is 4.88 Å². The number of nitrogens with zero attached hydrogens (tertiary/aromatic N) is 1. The predicted octanol–water partition coefficient (Wildman–Crippen LogP) is 4.34. The van der Waals surface area contributed by atoms with E-state index in [4.69, 9.17) is 0 Å². The molecule has 0 aliphatic rings. The standard InChI is InChI=1S/C13H14BrNOS/c1-2-3-12(16)10-6-7-15(8-10)9-11-4-5-13(14)17-11/h4-8H,2-3,9H2,1H3. The molecule has 0 aromatic carbocycles. The Bertz CT molecular complexity index is 515. The molecule has 2 heterocycles. The number of hydrogen-bond acceptors (Lipinski definition) is 2. The lowest BCUT2D eigenvalue weighted by molar-refractivity contribution is 0.0981. The molecule has 0 aliphatic heterocycles. The van der Waals surface area contributed by atoms with Crippen molar-refractivity contribution >= 4 is 33.0 Å². The highest BCUT2D eigenvalue weighted by Gasteiger charge is 2.07. The van der Waals surface area contributed by atoms with Crippen LogP contribution in [0.5, 0.6) is 0 Å². The highest BCUT2D eigenvalue weighted by atomic mass is 79.9. The van der Waals surface area contributed by atoms with Crippen LogP contribution in [0.25, 0.3) is 0 Å². The molecule has 0 spiro atoms. The Kier molecular flexibility index (Phi) is 4.18. The SMILES string of the molecule is CCCC(=O)c1ccn(Cc2ccc(Br)s2)c1. The van der Waals surface area contributed by atoms with Gasteiger partial charge >= 0.3 is 0 Å². The summed E-state index contributed by atoms with van der Waals surface area (Å²) in [6, 6.07) is 6.05. The van der Waals surface area contributed by atoms with Gasteiger partial charge in [0.25, 0.3) is 0 Å². The Morgan fingerprint density at radius 3 is 2.88 bits per heavy atom.